The van der Waals surface area contributed by atoms with Gasteiger partial charge in [-0.2, -0.15) is 0 Å². The minimum atomic E-state index is -0.234. The highest BCUT2D eigenvalue weighted by molar-refractivity contribution is 7.10. The van der Waals surface area contributed by atoms with E-state index in [0.29, 0.717) is 12.1 Å². The highest BCUT2D eigenvalue weighted by atomic mass is 32.1. The predicted octanol–water partition coefficient (Wildman–Crippen LogP) is 2.73. The van der Waals surface area contributed by atoms with E-state index < -0.39 is 0 Å². The fourth-order valence-corrected chi connectivity index (χ4v) is 2.78. The Morgan fingerprint density at radius 1 is 1.38 bits per heavy atom. The second-order valence-corrected chi connectivity index (χ2v) is 5.54. The van der Waals surface area contributed by atoms with E-state index in [0.717, 1.165) is 11.3 Å². The molecule has 0 saturated heterocycles. The van der Waals surface area contributed by atoms with Gasteiger partial charge in [0.15, 0.2) is 0 Å². The summed E-state index contributed by atoms with van der Waals surface area (Å²) in [5.41, 5.74) is 0.459. The summed E-state index contributed by atoms with van der Waals surface area (Å²) in [6, 6.07) is 5.61. The highest BCUT2D eigenvalue weighted by Crippen LogP contribution is 2.21. The molecule has 0 aliphatic heterocycles. The first-order valence-electron chi connectivity index (χ1n) is 6.84. The van der Waals surface area contributed by atoms with E-state index in [1.165, 1.54) is 12.5 Å². The molecule has 2 aromatic heterocycles. The van der Waals surface area contributed by atoms with E-state index in [1.807, 2.05) is 24.4 Å². The average Bonchev–Trinajstić information content (AvgIpc) is 3.17. The van der Waals surface area contributed by atoms with Crippen LogP contribution in [0.1, 0.15) is 41.0 Å². The monoisotopic (exact) mass is 306 g/mol. The molecule has 2 heterocycles. The quantitative estimate of drug-likeness (QED) is 0.826. The molecule has 21 heavy (non-hydrogen) atoms. The molecule has 0 saturated carbocycles. The maximum Gasteiger partial charge on any atom is 0.254 e. The average molecular weight is 306 g/mol. The van der Waals surface area contributed by atoms with Crippen LogP contribution in [-0.2, 0) is 4.79 Å². The van der Waals surface area contributed by atoms with Gasteiger partial charge in [-0.25, -0.2) is 0 Å². The largest absolute Gasteiger partial charge is 0.472 e. The lowest BCUT2D eigenvalue weighted by atomic mass is 10.2. The Labute approximate surface area is 127 Å². The van der Waals surface area contributed by atoms with Crippen LogP contribution in [-0.4, -0.2) is 18.4 Å². The van der Waals surface area contributed by atoms with Crippen LogP contribution in [0.4, 0.5) is 0 Å². The van der Waals surface area contributed by atoms with E-state index in [1.54, 1.807) is 17.4 Å². The third kappa shape index (κ3) is 4.46. The van der Waals surface area contributed by atoms with E-state index in [9.17, 15) is 9.59 Å². The maximum absolute atomic E-state index is 11.9. The van der Waals surface area contributed by atoms with Gasteiger partial charge in [-0.3, -0.25) is 9.59 Å². The fourth-order valence-electron chi connectivity index (χ4n) is 1.92. The van der Waals surface area contributed by atoms with Crippen molar-refractivity contribution in [2.45, 2.75) is 25.8 Å². The first-order valence-corrected chi connectivity index (χ1v) is 7.71. The second kappa shape index (κ2) is 7.64. The van der Waals surface area contributed by atoms with Crippen molar-refractivity contribution in [3.05, 3.63) is 46.5 Å². The summed E-state index contributed by atoms with van der Waals surface area (Å²) in [5.74, 6) is -0.301. The topological polar surface area (TPSA) is 71.3 Å². The number of furan rings is 1. The van der Waals surface area contributed by atoms with Crippen LogP contribution >= 0.6 is 11.3 Å². The lowest BCUT2D eigenvalue weighted by Gasteiger charge is -2.15. The maximum atomic E-state index is 11.9. The van der Waals surface area contributed by atoms with E-state index in [2.05, 4.69) is 10.6 Å². The van der Waals surface area contributed by atoms with Gasteiger partial charge in [0, 0.05) is 17.8 Å². The van der Waals surface area contributed by atoms with Crippen molar-refractivity contribution in [2.75, 3.05) is 6.54 Å². The molecular formula is C15H18N2O3S. The molecule has 2 rings (SSSR count). The zero-order valence-corrected chi connectivity index (χ0v) is 12.6. The molecule has 2 N–H and O–H groups in total. The van der Waals surface area contributed by atoms with Crippen molar-refractivity contribution in [1.29, 1.82) is 0 Å². The van der Waals surface area contributed by atoms with Gasteiger partial charge in [0.2, 0.25) is 5.91 Å². The summed E-state index contributed by atoms with van der Waals surface area (Å²) in [6.07, 6.45) is 3.91. The molecule has 112 valence electrons. The van der Waals surface area contributed by atoms with Gasteiger partial charge in [-0.05, 0) is 23.9 Å². The highest BCUT2D eigenvalue weighted by Gasteiger charge is 2.13. The van der Waals surface area contributed by atoms with Crippen molar-refractivity contribution < 1.29 is 14.0 Å². The number of amides is 2. The molecular weight excluding hydrogens is 288 g/mol. The molecule has 2 aromatic rings. The summed E-state index contributed by atoms with van der Waals surface area (Å²) in [6.45, 7) is 2.34. The Kier molecular flexibility index (Phi) is 5.57. The Morgan fingerprint density at radius 3 is 2.86 bits per heavy atom. The van der Waals surface area contributed by atoms with Crippen molar-refractivity contribution in [3.63, 3.8) is 0 Å². The smallest absolute Gasteiger partial charge is 0.254 e. The third-order valence-electron chi connectivity index (χ3n) is 3.05. The number of thiophene rings is 1. The van der Waals surface area contributed by atoms with Gasteiger partial charge < -0.3 is 15.1 Å². The van der Waals surface area contributed by atoms with Crippen molar-refractivity contribution in [2.24, 2.45) is 0 Å². The number of carbonyl (C=O) groups is 2. The van der Waals surface area contributed by atoms with Crippen LogP contribution < -0.4 is 10.6 Å². The van der Waals surface area contributed by atoms with Gasteiger partial charge in [0.25, 0.3) is 5.91 Å². The lowest BCUT2D eigenvalue weighted by molar-refractivity contribution is -0.121. The van der Waals surface area contributed by atoms with Gasteiger partial charge in [-0.1, -0.05) is 13.0 Å². The Morgan fingerprint density at radius 2 is 2.24 bits per heavy atom. The number of rotatable bonds is 7. The molecule has 0 aliphatic rings. The van der Waals surface area contributed by atoms with Crippen molar-refractivity contribution in [1.82, 2.24) is 10.6 Å². The minimum Gasteiger partial charge on any atom is -0.472 e. The molecule has 0 fully saturated rings. The van der Waals surface area contributed by atoms with Gasteiger partial charge in [0.1, 0.15) is 6.26 Å². The third-order valence-corrected chi connectivity index (χ3v) is 4.04. The fraction of sp³-hybridized carbons (Fsp3) is 0.333. The Bertz CT molecular complexity index is 564. The van der Waals surface area contributed by atoms with Gasteiger partial charge >= 0.3 is 0 Å². The number of hydrogen-bond acceptors (Lipinski definition) is 4. The molecule has 0 radical (unpaired) electrons. The summed E-state index contributed by atoms with van der Waals surface area (Å²) < 4.78 is 4.83. The normalized spacial score (nSPS) is 11.9. The molecule has 0 unspecified atom stereocenters. The van der Waals surface area contributed by atoms with Crippen molar-refractivity contribution in [3.8, 4) is 0 Å². The van der Waals surface area contributed by atoms with Gasteiger partial charge in [0.05, 0.1) is 17.9 Å². The number of nitrogens with one attached hydrogen (secondary N) is 2. The predicted molar refractivity (Wildman–Crippen MR) is 81.2 cm³/mol. The molecule has 2 amide bonds. The zero-order valence-electron chi connectivity index (χ0n) is 11.8. The summed E-state index contributed by atoms with van der Waals surface area (Å²) in [5, 5.41) is 7.66. The molecule has 0 spiro atoms. The van der Waals surface area contributed by atoms with Gasteiger partial charge in [-0.15, -0.1) is 11.3 Å². The van der Waals surface area contributed by atoms with Crippen LogP contribution in [0.5, 0.6) is 0 Å². The lowest BCUT2D eigenvalue weighted by Crippen LogP contribution is -2.32. The summed E-state index contributed by atoms with van der Waals surface area (Å²) in [7, 11) is 0. The number of carbonyl (C=O) groups excluding carboxylic acids is 2. The minimum absolute atomic E-state index is 0.0436. The molecule has 0 aromatic carbocycles. The molecule has 0 bridgehead atoms. The number of hydrogen-bond donors (Lipinski definition) is 2. The van der Waals surface area contributed by atoms with Crippen LogP contribution in [0.15, 0.2) is 40.5 Å². The Balaban J connectivity index is 1.73. The molecule has 5 nitrogen and oxygen atoms in total. The van der Waals surface area contributed by atoms with E-state index in [-0.39, 0.29) is 24.3 Å². The standard InChI is InChI=1S/C15H18N2O3S/c1-2-12(13-4-3-9-21-13)17-14(18)5-7-16-15(19)11-6-8-20-10-11/h3-4,6,8-10,12H,2,5,7H2,1H3,(H,16,19)(H,17,18)/t12-/m1/s1. The molecule has 0 aliphatic carbocycles. The second-order valence-electron chi connectivity index (χ2n) is 4.56. The van der Waals surface area contributed by atoms with Crippen LogP contribution in [0.3, 0.4) is 0 Å². The molecule has 1 atom stereocenters. The summed E-state index contributed by atoms with van der Waals surface area (Å²) >= 11 is 1.63. The summed E-state index contributed by atoms with van der Waals surface area (Å²) in [4.78, 5) is 24.7. The van der Waals surface area contributed by atoms with Crippen LogP contribution in [0, 0.1) is 0 Å². The van der Waals surface area contributed by atoms with Crippen LogP contribution in [0.2, 0.25) is 0 Å². The van der Waals surface area contributed by atoms with E-state index >= 15 is 0 Å². The SMILES string of the molecule is CC[C@@H](NC(=O)CCNC(=O)c1ccoc1)c1cccs1. The van der Waals surface area contributed by atoms with E-state index in [4.69, 9.17) is 4.42 Å². The van der Waals surface area contributed by atoms with Crippen LogP contribution in [0.25, 0.3) is 0 Å². The van der Waals surface area contributed by atoms with Crippen molar-refractivity contribution >= 4 is 23.2 Å². The first-order chi connectivity index (χ1) is 10.2. The Hall–Kier alpha value is -2.08. The molecule has 6 heteroatoms. The zero-order chi connectivity index (χ0) is 15.1. The first kappa shape index (κ1) is 15.3.